The van der Waals surface area contributed by atoms with Crippen molar-refractivity contribution in [2.24, 2.45) is 0 Å². The number of hydrogen-bond donors (Lipinski definition) is 0. The number of para-hydroxylation sites is 1. The Hall–Kier alpha value is -2.57. The molecule has 0 saturated heterocycles. The minimum atomic E-state index is -0.0883. The molecule has 26 heavy (non-hydrogen) atoms. The summed E-state index contributed by atoms with van der Waals surface area (Å²) in [7, 11) is 0. The number of aromatic nitrogens is 4. The summed E-state index contributed by atoms with van der Waals surface area (Å²) in [6, 6.07) is 15.2. The molecule has 0 aliphatic rings. The summed E-state index contributed by atoms with van der Waals surface area (Å²) < 4.78 is 3.52. The molecule has 4 rings (SSSR count). The van der Waals surface area contributed by atoms with Crippen LogP contribution in [0, 0.1) is 0 Å². The number of hydrogen-bond acceptors (Lipinski definition) is 4. The zero-order chi connectivity index (χ0) is 18.1. The molecular weight excluding hydrogens is 368 g/mol. The number of fused-ring (bicyclic) bond motifs is 3. The van der Waals surface area contributed by atoms with Crippen LogP contribution in [0.3, 0.4) is 0 Å². The number of halogens is 1. The van der Waals surface area contributed by atoms with Gasteiger partial charge < -0.3 is 0 Å². The lowest BCUT2D eigenvalue weighted by atomic mass is 10.2. The van der Waals surface area contributed by atoms with E-state index < -0.39 is 0 Å². The molecule has 2 aromatic heterocycles. The van der Waals surface area contributed by atoms with E-state index in [1.807, 2.05) is 52.9 Å². The van der Waals surface area contributed by atoms with Crippen LogP contribution in [0.1, 0.15) is 5.56 Å². The first-order chi connectivity index (χ1) is 12.7. The van der Waals surface area contributed by atoms with Gasteiger partial charge in [-0.1, -0.05) is 53.7 Å². The molecule has 7 heteroatoms. The van der Waals surface area contributed by atoms with Gasteiger partial charge in [-0.15, -0.1) is 16.8 Å². The lowest BCUT2D eigenvalue weighted by Gasteiger charge is -2.09. The van der Waals surface area contributed by atoms with Crippen molar-refractivity contribution in [3.63, 3.8) is 0 Å². The minimum Gasteiger partial charge on any atom is -0.272 e. The summed E-state index contributed by atoms with van der Waals surface area (Å²) in [5, 5.41) is 10.7. The van der Waals surface area contributed by atoms with E-state index in [2.05, 4.69) is 16.8 Å². The van der Waals surface area contributed by atoms with Crippen molar-refractivity contribution in [2.75, 3.05) is 0 Å². The van der Waals surface area contributed by atoms with Crippen LogP contribution in [-0.4, -0.2) is 19.2 Å². The summed E-state index contributed by atoms with van der Waals surface area (Å²) >= 11 is 7.51. The zero-order valence-electron chi connectivity index (χ0n) is 13.8. The lowest BCUT2D eigenvalue weighted by Crippen LogP contribution is -2.22. The molecule has 0 aliphatic carbocycles. The molecule has 5 nitrogen and oxygen atoms in total. The van der Waals surface area contributed by atoms with Crippen LogP contribution >= 0.6 is 23.4 Å². The number of rotatable bonds is 5. The standard InChI is InChI=1S/C19H15ClN4OS/c1-2-11-23-17(25)15-5-3-4-6-16(15)24-18(23)21-22-19(24)26-12-13-7-9-14(20)10-8-13/h2-10H,1,11-12H2. The van der Waals surface area contributed by atoms with E-state index in [1.54, 1.807) is 22.4 Å². The first kappa shape index (κ1) is 16.9. The Kier molecular flexibility index (Phi) is 4.53. The van der Waals surface area contributed by atoms with Crippen LogP contribution in [0.15, 0.2) is 71.1 Å². The predicted octanol–water partition coefficient (Wildman–Crippen LogP) is 4.18. The highest BCUT2D eigenvalue weighted by Gasteiger charge is 2.16. The van der Waals surface area contributed by atoms with Gasteiger partial charge in [-0.2, -0.15) is 0 Å². The van der Waals surface area contributed by atoms with Gasteiger partial charge in [-0.05, 0) is 29.8 Å². The topological polar surface area (TPSA) is 52.2 Å². The van der Waals surface area contributed by atoms with Crippen molar-refractivity contribution in [2.45, 2.75) is 17.5 Å². The van der Waals surface area contributed by atoms with E-state index >= 15 is 0 Å². The molecule has 0 unspecified atom stereocenters. The summed E-state index contributed by atoms with van der Waals surface area (Å²) in [6.07, 6.45) is 1.69. The van der Waals surface area contributed by atoms with Gasteiger partial charge in [-0.3, -0.25) is 13.8 Å². The van der Waals surface area contributed by atoms with E-state index in [1.165, 1.54) is 0 Å². The van der Waals surface area contributed by atoms with Gasteiger partial charge in [-0.25, -0.2) is 0 Å². The van der Waals surface area contributed by atoms with E-state index in [0.717, 1.165) is 22.0 Å². The van der Waals surface area contributed by atoms with Crippen LogP contribution in [0.2, 0.25) is 5.02 Å². The third-order valence-corrected chi connectivity index (χ3v) is 5.32. The third-order valence-electron chi connectivity index (χ3n) is 4.07. The molecule has 2 aromatic carbocycles. The second-order valence-corrected chi connectivity index (χ2v) is 7.13. The van der Waals surface area contributed by atoms with Crippen molar-refractivity contribution >= 4 is 40.0 Å². The Bertz CT molecular complexity index is 1160. The number of allylic oxidation sites excluding steroid dienone is 1. The molecule has 0 spiro atoms. The maximum absolute atomic E-state index is 12.8. The van der Waals surface area contributed by atoms with Crippen LogP contribution in [-0.2, 0) is 12.3 Å². The minimum absolute atomic E-state index is 0.0883. The van der Waals surface area contributed by atoms with E-state index in [-0.39, 0.29) is 5.56 Å². The Labute approximate surface area is 158 Å². The SMILES string of the molecule is C=CCn1c(=O)c2ccccc2n2c(SCc3ccc(Cl)cc3)nnc12. The number of nitrogens with zero attached hydrogens (tertiary/aromatic N) is 4. The average Bonchev–Trinajstić information content (AvgIpc) is 3.09. The number of benzene rings is 2. The average molecular weight is 383 g/mol. The van der Waals surface area contributed by atoms with Gasteiger partial charge in [0.05, 0.1) is 10.9 Å². The quantitative estimate of drug-likeness (QED) is 0.384. The van der Waals surface area contributed by atoms with E-state index in [0.29, 0.717) is 22.7 Å². The van der Waals surface area contributed by atoms with E-state index in [4.69, 9.17) is 11.6 Å². The van der Waals surface area contributed by atoms with Crippen LogP contribution in [0.25, 0.3) is 16.7 Å². The van der Waals surface area contributed by atoms with Crippen molar-refractivity contribution in [3.05, 3.63) is 82.1 Å². The Morgan fingerprint density at radius 3 is 2.65 bits per heavy atom. The summed E-state index contributed by atoms with van der Waals surface area (Å²) in [5.74, 6) is 1.25. The highest BCUT2D eigenvalue weighted by molar-refractivity contribution is 7.98. The molecule has 0 radical (unpaired) electrons. The number of thioether (sulfide) groups is 1. The summed E-state index contributed by atoms with van der Waals surface area (Å²) in [4.78, 5) is 12.8. The molecule has 0 aliphatic heterocycles. The smallest absolute Gasteiger partial charge is 0.263 e. The Morgan fingerprint density at radius 2 is 1.88 bits per heavy atom. The molecule has 130 valence electrons. The second kappa shape index (κ2) is 6.97. The highest BCUT2D eigenvalue weighted by Crippen LogP contribution is 2.25. The molecule has 0 atom stereocenters. The van der Waals surface area contributed by atoms with E-state index in [9.17, 15) is 4.79 Å². The van der Waals surface area contributed by atoms with Crippen LogP contribution in [0.4, 0.5) is 0 Å². The van der Waals surface area contributed by atoms with Crippen LogP contribution < -0.4 is 5.56 Å². The van der Waals surface area contributed by atoms with Gasteiger partial charge in [0.25, 0.3) is 5.56 Å². The molecular formula is C19H15ClN4OS. The Morgan fingerprint density at radius 1 is 1.12 bits per heavy atom. The largest absolute Gasteiger partial charge is 0.272 e. The zero-order valence-corrected chi connectivity index (χ0v) is 15.4. The maximum Gasteiger partial charge on any atom is 0.263 e. The van der Waals surface area contributed by atoms with Crippen LogP contribution in [0.5, 0.6) is 0 Å². The van der Waals surface area contributed by atoms with Gasteiger partial charge in [0.15, 0.2) is 5.16 Å². The fourth-order valence-corrected chi connectivity index (χ4v) is 3.87. The summed E-state index contributed by atoms with van der Waals surface area (Å²) in [6.45, 7) is 4.12. The molecule has 0 amide bonds. The molecule has 4 aromatic rings. The molecule has 2 heterocycles. The predicted molar refractivity (Wildman–Crippen MR) is 106 cm³/mol. The monoisotopic (exact) mass is 382 g/mol. The fourth-order valence-electron chi connectivity index (χ4n) is 2.85. The van der Waals surface area contributed by atoms with Gasteiger partial charge >= 0.3 is 0 Å². The Balaban J connectivity index is 1.84. The maximum atomic E-state index is 12.8. The first-order valence-corrected chi connectivity index (χ1v) is 9.40. The van der Waals surface area contributed by atoms with Crippen molar-refractivity contribution in [3.8, 4) is 0 Å². The first-order valence-electron chi connectivity index (χ1n) is 8.04. The van der Waals surface area contributed by atoms with Crippen molar-refractivity contribution in [1.82, 2.24) is 19.2 Å². The van der Waals surface area contributed by atoms with Gasteiger partial charge in [0.1, 0.15) is 0 Å². The fraction of sp³-hybridized carbons (Fsp3) is 0.105. The molecule has 0 saturated carbocycles. The highest BCUT2D eigenvalue weighted by atomic mass is 35.5. The molecule has 0 fully saturated rings. The van der Waals surface area contributed by atoms with Crippen molar-refractivity contribution < 1.29 is 0 Å². The normalized spacial score (nSPS) is 11.3. The van der Waals surface area contributed by atoms with Gasteiger partial charge in [0.2, 0.25) is 5.78 Å². The van der Waals surface area contributed by atoms with Crippen molar-refractivity contribution in [1.29, 1.82) is 0 Å². The molecule has 0 bridgehead atoms. The van der Waals surface area contributed by atoms with Gasteiger partial charge in [0, 0.05) is 17.3 Å². The molecule has 0 N–H and O–H groups in total. The third kappa shape index (κ3) is 2.91. The second-order valence-electron chi connectivity index (χ2n) is 5.75. The lowest BCUT2D eigenvalue weighted by molar-refractivity contribution is 0.783. The summed E-state index contributed by atoms with van der Waals surface area (Å²) in [5.41, 5.74) is 1.85.